The first-order valence-corrected chi connectivity index (χ1v) is 10.8. The summed E-state index contributed by atoms with van der Waals surface area (Å²) in [5, 5.41) is 5.74. The summed E-state index contributed by atoms with van der Waals surface area (Å²) in [5.74, 6) is 0.441. The minimum atomic E-state index is -0.267. The van der Waals surface area contributed by atoms with Gasteiger partial charge in [0.1, 0.15) is 5.75 Å². The van der Waals surface area contributed by atoms with E-state index in [2.05, 4.69) is 40.4 Å². The van der Waals surface area contributed by atoms with Gasteiger partial charge in [-0.05, 0) is 67.4 Å². The third kappa shape index (κ3) is 6.43. The first-order valence-electron chi connectivity index (χ1n) is 10.0. The quantitative estimate of drug-likeness (QED) is 0.417. The molecule has 0 saturated heterocycles. The smallest absolute Gasteiger partial charge is 0.259 e. The van der Waals surface area contributed by atoms with Crippen LogP contribution in [0.4, 0.5) is 11.4 Å². The summed E-state index contributed by atoms with van der Waals surface area (Å²) in [6, 6.07) is 19.8. The number of hydrogen-bond donors (Lipinski definition) is 2. The van der Waals surface area contributed by atoms with E-state index in [9.17, 15) is 9.59 Å². The summed E-state index contributed by atoms with van der Waals surface area (Å²) in [6.07, 6.45) is 0. The molecule has 0 aliphatic carbocycles. The van der Waals surface area contributed by atoms with E-state index < -0.39 is 0 Å². The fraction of sp³-hybridized carbons (Fsp3) is 0.200. The Morgan fingerprint density at radius 1 is 0.903 bits per heavy atom. The molecule has 160 valence electrons. The lowest BCUT2D eigenvalue weighted by Crippen LogP contribution is -2.15. The monoisotopic (exact) mass is 480 g/mol. The van der Waals surface area contributed by atoms with Crippen molar-refractivity contribution in [2.45, 2.75) is 20.8 Å². The Morgan fingerprint density at radius 3 is 2.16 bits per heavy atom. The number of ether oxygens (including phenoxy) is 1. The van der Waals surface area contributed by atoms with Gasteiger partial charge in [-0.3, -0.25) is 9.59 Å². The first kappa shape index (κ1) is 22.6. The van der Waals surface area contributed by atoms with Crippen LogP contribution in [0.3, 0.4) is 0 Å². The Bertz CT molecular complexity index is 1080. The van der Waals surface area contributed by atoms with Crippen LogP contribution in [0, 0.1) is 12.8 Å². The van der Waals surface area contributed by atoms with Gasteiger partial charge in [0.2, 0.25) is 0 Å². The van der Waals surface area contributed by atoms with Gasteiger partial charge in [-0.2, -0.15) is 0 Å². The second-order valence-corrected chi connectivity index (χ2v) is 8.62. The van der Waals surface area contributed by atoms with Crippen LogP contribution in [-0.2, 0) is 0 Å². The lowest BCUT2D eigenvalue weighted by Gasteiger charge is -2.14. The Kier molecular flexibility index (Phi) is 7.47. The van der Waals surface area contributed by atoms with Crippen molar-refractivity contribution >= 4 is 39.1 Å². The van der Waals surface area contributed by atoms with Gasteiger partial charge in [-0.15, -0.1) is 0 Å². The van der Waals surface area contributed by atoms with Gasteiger partial charge in [0.15, 0.2) is 0 Å². The minimum Gasteiger partial charge on any atom is -0.492 e. The van der Waals surface area contributed by atoms with E-state index in [1.165, 1.54) is 0 Å². The fourth-order valence-electron chi connectivity index (χ4n) is 2.89. The number of hydrogen-bond acceptors (Lipinski definition) is 3. The summed E-state index contributed by atoms with van der Waals surface area (Å²) >= 11 is 3.41. The summed E-state index contributed by atoms with van der Waals surface area (Å²) in [5.41, 5.74) is 3.34. The van der Waals surface area contributed by atoms with Gasteiger partial charge in [0.05, 0.1) is 12.2 Å². The second kappa shape index (κ2) is 10.3. The normalized spacial score (nSPS) is 10.6. The highest BCUT2D eigenvalue weighted by Crippen LogP contribution is 2.25. The SMILES string of the molecule is Cc1cccc(C(=O)Nc2ccc(NC(=O)c3cc(Br)ccc3OCC(C)C)cc2)c1. The molecule has 0 atom stereocenters. The van der Waals surface area contributed by atoms with Crippen molar-refractivity contribution in [1.82, 2.24) is 0 Å². The van der Waals surface area contributed by atoms with Crippen molar-refractivity contribution in [3.8, 4) is 5.75 Å². The van der Waals surface area contributed by atoms with Gasteiger partial charge in [0.25, 0.3) is 11.8 Å². The number of carbonyl (C=O) groups is 2. The largest absolute Gasteiger partial charge is 0.492 e. The van der Waals surface area contributed by atoms with E-state index in [1.807, 2.05) is 31.2 Å². The molecule has 0 saturated carbocycles. The maximum absolute atomic E-state index is 12.8. The van der Waals surface area contributed by atoms with Crippen LogP contribution in [0.2, 0.25) is 0 Å². The third-order valence-corrected chi connectivity index (χ3v) is 4.93. The average Bonchev–Trinajstić information content (AvgIpc) is 2.74. The van der Waals surface area contributed by atoms with Crippen LogP contribution in [0.1, 0.15) is 40.1 Å². The van der Waals surface area contributed by atoms with E-state index in [-0.39, 0.29) is 11.8 Å². The lowest BCUT2D eigenvalue weighted by molar-refractivity contribution is 0.101. The third-order valence-electron chi connectivity index (χ3n) is 4.44. The predicted molar refractivity (Wildman–Crippen MR) is 128 cm³/mol. The minimum absolute atomic E-state index is 0.179. The zero-order valence-corrected chi connectivity index (χ0v) is 19.3. The van der Waals surface area contributed by atoms with Gasteiger partial charge < -0.3 is 15.4 Å². The number of amides is 2. The molecule has 0 aliphatic heterocycles. The number of benzene rings is 3. The van der Waals surface area contributed by atoms with Crippen LogP contribution in [0.5, 0.6) is 5.75 Å². The van der Waals surface area contributed by atoms with Gasteiger partial charge in [-0.1, -0.05) is 47.5 Å². The Labute approximate surface area is 191 Å². The Hall–Kier alpha value is -3.12. The molecule has 5 nitrogen and oxygen atoms in total. The zero-order valence-electron chi connectivity index (χ0n) is 17.7. The summed E-state index contributed by atoms with van der Waals surface area (Å²) < 4.78 is 6.59. The van der Waals surface area contributed by atoms with Crippen molar-refractivity contribution in [2.24, 2.45) is 5.92 Å². The Morgan fingerprint density at radius 2 is 1.55 bits per heavy atom. The van der Waals surface area contributed by atoms with Crippen LogP contribution >= 0.6 is 15.9 Å². The van der Waals surface area contributed by atoms with Crippen molar-refractivity contribution < 1.29 is 14.3 Å². The standard InChI is InChI=1S/C25H25BrN2O3/c1-16(2)15-31-23-12-7-19(26)14-22(23)25(30)28-21-10-8-20(9-11-21)27-24(29)18-6-4-5-17(3)13-18/h4-14,16H,15H2,1-3H3,(H,27,29)(H,28,30). The van der Waals surface area contributed by atoms with Gasteiger partial charge >= 0.3 is 0 Å². The predicted octanol–water partition coefficient (Wildman–Crippen LogP) is 6.30. The van der Waals surface area contributed by atoms with E-state index in [0.717, 1.165) is 10.0 Å². The maximum atomic E-state index is 12.8. The highest BCUT2D eigenvalue weighted by atomic mass is 79.9. The average molecular weight is 481 g/mol. The fourth-order valence-corrected chi connectivity index (χ4v) is 3.25. The van der Waals surface area contributed by atoms with Gasteiger partial charge in [0, 0.05) is 21.4 Å². The topological polar surface area (TPSA) is 67.4 Å². The van der Waals surface area contributed by atoms with Crippen LogP contribution in [0.15, 0.2) is 71.2 Å². The molecule has 0 heterocycles. The molecule has 2 N–H and O–H groups in total. The van der Waals surface area contributed by atoms with E-state index in [1.54, 1.807) is 42.5 Å². The van der Waals surface area contributed by atoms with Crippen molar-refractivity contribution in [1.29, 1.82) is 0 Å². The summed E-state index contributed by atoms with van der Waals surface area (Å²) in [7, 11) is 0. The number of nitrogens with one attached hydrogen (secondary N) is 2. The molecule has 6 heteroatoms. The van der Waals surface area contributed by atoms with E-state index in [0.29, 0.717) is 40.8 Å². The maximum Gasteiger partial charge on any atom is 0.259 e. The number of anilines is 2. The molecule has 31 heavy (non-hydrogen) atoms. The molecule has 0 spiro atoms. The first-order chi connectivity index (χ1) is 14.8. The molecular weight excluding hydrogens is 456 g/mol. The lowest BCUT2D eigenvalue weighted by atomic mass is 10.1. The Balaban J connectivity index is 1.68. The van der Waals surface area contributed by atoms with Gasteiger partial charge in [-0.25, -0.2) is 0 Å². The molecule has 0 fully saturated rings. The van der Waals surface area contributed by atoms with Crippen LogP contribution in [0.25, 0.3) is 0 Å². The van der Waals surface area contributed by atoms with Crippen LogP contribution < -0.4 is 15.4 Å². The molecular formula is C25H25BrN2O3. The molecule has 2 amide bonds. The van der Waals surface area contributed by atoms with Crippen molar-refractivity contribution in [2.75, 3.05) is 17.2 Å². The molecule has 0 unspecified atom stereocenters. The molecule has 3 aromatic rings. The molecule has 0 aromatic heterocycles. The number of aryl methyl sites for hydroxylation is 1. The number of rotatable bonds is 7. The highest BCUT2D eigenvalue weighted by molar-refractivity contribution is 9.10. The molecule has 3 aromatic carbocycles. The van der Waals surface area contributed by atoms with E-state index >= 15 is 0 Å². The zero-order chi connectivity index (χ0) is 22.4. The second-order valence-electron chi connectivity index (χ2n) is 7.70. The van der Waals surface area contributed by atoms with Crippen molar-refractivity contribution in [3.05, 3.63) is 87.9 Å². The molecule has 0 aliphatic rings. The summed E-state index contributed by atoms with van der Waals surface area (Å²) in [4.78, 5) is 25.2. The van der Waals surface area contributed by atoms with Crippen molar-refractivity contribution in [3.63, 3.8) is 0 Å². The number of halogens is 1. The molecule has 0 bridgehead atoms. The summed E-state index contributed by atoms with van der Waals surface area (Å²) in [6.45, 7) is 6.58. The van der Waals surface area contributed by atoms with Crippen LogP contribution in [-0.4, -0.2) is 18.4 Å². The molecule has 0 radical (unpaired) electrons. The highest BCUT2D eigenvalue weighted by Gasteiger charge is 2.14. The molecule has 3 rings (SSSR count). The number of carbonyl (C=O) groups excluding carboxylic acids is 2. The van der Waals surface area contributed by atoms with E-state index in [4.69, 9.17) is 4.74 Å².